The SMILES string of the molecule is CC(C)C1CC2C(c3ccccn3)=CC=CC2C1[Si](C)(C)N1CCNCC1. The monoisotopic (exact) mass is 381 g/mol. The van der Waals surface area contributed by atoms with E-state index in [-0.39, 0.29) is 0 Å². The molecule has 4 unspecified atom stereocenters. The Labute approximate surface area is 166 Å². The van der Waals surface area contributed by atoms with Crippen molar-refractivity contribution in [2.75, 3.05) is 26.2 Å². The molecular weight excluding hydrogens is 346 g/mol. The number of aromatic nitrogens is 1. The highest BCUT2D eigenvalue weighted by Gasteiger charge is 2.54. The molecule has 1 aliphatic heterocycles. The van der Waals surface area contributed by atoms with E-state index in [2.05, 4.69) is 67.2 Å². The van der Waals surface area contributed by atoms with Crippen molar-refractivity contribution in [1.82, 2.24) is 14.9 Å². The van der Waals surface area contributed by atoms with Crippen molar-refractivity contribution in [2.24, 2.45) is 23.7 Å². The van der Waals surface area contributed by atoms with Gasteiger partial charge in [0.2, 0.25) is 0 Å². The van der Waals surface area contributed by atoms with Crippen molar-refractivity contribution < 1.29 is 0 Å². The number of pyridine rings is 1. The van der Waals surface area contributed by atoms with Gasteiger partial charge in [-0.2, -0.15) is 0 Å². The van der Waals surface area contributed by atoms with Crippen LogP contribution in [0.2, 0.25) is 18.6 Å². The van der Waals surface area contributed by atoms with Gasteiger partial charge in [-0.1, -0.05) is 51.2 Å². The van der Waals surface area contributed by atoms with Crippen molar-refractivity contribution in [2.45, 2.75) is 38.9 Å². The Morgan fingerprint density at radius 1 is 1.19 bits per heavy atom. The largest absolute Gasteiger partial charge is 0.321 e. The summed E-state index contributed by atoms with van der Waals surface area (Å²) >= 11 is 0. The van der Waals surface area contributed by atoms with E-state index in [4.69, 9.17) is 4.98 Å². The molecule has 3 nitrogen and oxygen atoms in total. The van der Waals surface area contributed by atoms with Gasteiger partial charge in [0, 0.05) is 32.4 Å². The average Bonchev–Trinajstić information content (AvgIpc) is 3.10. The molecule has 1 aromatic heterocycles. The lowest BCUT2D eigenvalue weighted by molar-refractivity contribution is 0.320. The molecule has 2 heterocycles. The molecule has 0 bridgehead atoms. The molecule has 0 amide bonds. The topological polar surface area (TPSA) is 28.2 Å². The maximum absolute atomic E-state index is 4.70. The first-order valence-corrected chi connectivity index (χ1v) is 13.8. The fourth-order valence-electron chi connectivity index (χ4n) is 6.07. The molecule has 3 aliphatic rings. The average molecular weight is 382 g/mol. The first-order chi connectivity index (χ1) is 13.0. The fraction of sp³-hybridized carbons (Fsp3) is 0.609. The van der Waals surface area contributed by atoms with Crippen molar-refractivity contribution in [1.29, 1.82) is 0 Å². The Morgan fingerprint density at radius 2 is 1.96 bits per heavy atom. The Hall–Kier alpha value is -1.23. The van der Waals surface area contributed by atoms with Gasteiger partial charge in [-0.15, -0.1) is 0 Å². The van der Waals surface area contributed by atoms with E-state index in [1.54, 1.807) is 0 Å². The number of allylic oxidation sites excluding steroid dienone is 4. The number of hydrogen-bond acceptors (Lipinski definition) is 3. The lowest BCUT2D eigenvalue weighted by Crippen LogP contribution is -2.60. The van der Waals surface area contributed by atoms with Crippen LogP contribution in [0.15, 0.2) is 42.6 Å². The van der Waals surface area contributed by atoms with Crippen molar-refractivity contribution in [3.8, 4) is 0 Å². The molecular formula is C23H35N3Si. The Bertz CT molecular complexity index is 704. The molecule has 146 valence electrons. The van der Waals surface area contributed by atoms with Crippen LogP contribution in [-0.2, 0) is 0 Å². The van der Waals surface area contributed by atoms with Crippen LogP contribution in [0.25, 0.3) is 5.57 Å². The van der Waals surface area contributed by atoms with Crippen LogP contribution in [-0.4, -0.2) is 44.0 Å². The maximum atomic E-state index is 4.70. The summed E-state index contributed by atoms with van der Waals surface area (Å²) in [6.07, 6.45) is 10.5. The zero-order valence-electron chi connectivity index (χ0n) is 17.4. The van der Waals surface area contributed by atoms with Crippen molar-refractivity contribution in [3.63, 3.8) is 0 Å². The normalized spacial score (nSPS) is 31.8. The Balaban J connectivity index is 1.68. The van der Waals surface area contributed by atoms with Crippen LogP contribution < -0.4 is 5.32 Å². The molecule has 4 atom stereocenters. The zero-order valence-corrected chi connectivity index (χ0v) is 18.4. The van der Waals surface area contributed by atoms with Gasteiger partial charge in [0.25, 0.3) is 0 Å². The quantitative estimate of drug-likeness (QED) is 0.782. The fourth-order valence-corrected chi connectivity index (χ4v) is 10.7. The molecule has 2 aliphatic carbocycles. The molecule has 1 aromatic rings. The second-order valence-corrected chi connectivity index (χ2v) is 14.1. The van der Waals surface area contributed by atoms with Gasteiger partial charge >= 0.3 is 0 Å². The highest BCUT2D eigenvalue weighted by atomic mass is 28.3. The smallest absolute Gasteiger partial charge is 0.126 e. The van der Waals surface area contributed by atoms with E-state index >= 15 is 0 Å². The number of rotatable bonds is 4. The standard InChI is InChI=1S/C23H35N3Si/c1-17(2)20-16-21-18(22-10-5-6-11-25-22)8-7-9-19(21)23(20)27(3,4)26-14-12-24-13-15-26/h5-11,17,19-21,23-24H,12-16H2,1-4H3. The summed E-state index contributed by atoms with van der Waals surface area (Å²) < 4.78 is 2.89. The summed E-state index contributed by atoms with van der Waals surface area (Å²) in [5.74, 6) is 2.87. The summed E-state index contributed by atoms with van der Waals surface area (Å²) in [6.45, 7) is 14.9. The van der Waals surface area contributed by atoms with E-state index in [9.17, 15) is 0 Å². The van der Waals surface area contributed by atoms with Crippen molar-refractivity contribution in [3.05, 3.63) is 48.3 Å². The third-order valence-electron chi connectivity index (χ3n) is 7.44. The van der Waals surface area contributed by atoms with Gasteiger partial charge in [0.1, 0.15) is 8.24 Å². The van der Waals surface area contributed by atoms with Gasteiger partial charge in [-0.05, 0) is 53.3 Å². The summed E-state index contributed by atoms with van der Waals surface area (Å²) in [6, 6.07) is 6.34. The summed E-state index contributed by atoms with van der Waals surface area (Å²) in [7, 11) is -1.54. The summed E-state index contributed by atoms with van der Waals surface area (Å²) in [5, 5.41) is 3.55. The number of hydrogen-bond donors (Lipinski definition) is 1. The van der Waals surface area contributed by atoms with Gasteiger partial charge in [-0.3, -0.25) is 4.98 Å². The highest BCUT2D eigenvalue weighted by Crippen LogP contribution is 2.58. The molecule has 2 fully saturated rings. The minimum atomic E-state index is -1.54. The lowest BCUT2D eigenvalue weighted by atomic mass is 9.83. The third kappa shape index (κ3) is 3.48. The summed E-state index contributed by atoms with van der Waals surface area (Å²) in [5.41, 5.74) is 3.48. The lowest BCUT2D eigenvalue weighted by Gasteiger charge is -2.48. The second kappa shape index (κ2) is 7.65. The third-order valence-corrected chi connectivity index (χ3v) is 12.0. The van der Waals surface area contributed by atoms with Gasteiger partial charge in [0.05, 0.1) is 5.69 Å². The van der Waals surface area contributed by atoms with Gasteiger partial charge in [0.15, 0.2) is 0 Å². The molecule has 4 rings (SSSR count). The number of piperazine rings is 1. The minimum absolute atomic E-state index is 0.636. The van der Waals surface area contributed by atoms with Crippen LogP contribution in [0, 0.1) is 23.7 Å². The molecule has 1 saturated heterocycles. The van der Waals surface area contributed by atoms with Crippen LogP contribution in [0.1, 0.15) is 26.0 Å². The second-order valence-electron chi connectivity index (χ2n) is 9.47. The van der Waals surface area contributed by atoms with Crippen LogP contribution >= 0.6 is 0 Å². The molecule has 0 aromatic carbocycles. The molecule has 1 N–H and O–H groups in total. The number of nitrogens with zero attached hydrogens (tertiary/aromatic N) is 2. The van der Waals surface area contributed by atoms with Crippen molar-refractivity contribution >= 4 is 13.8 Å². The predicted octanol–water partition coefficient (Wildman–Crippen LogP) is 4.42. The Morgan fingerprint density at radius 3 is 2.63 bits per heavy atom. The molecule has 27 heavy (non-hydrogen) atoms. The van der Waals surface area contributed by atoms with E-state index in [0.29, 0.717) is 11.8 Å². The van der Waals surface area contributed by atoms with Crippen LogP contribution in [0.3, 0.4) is 0 Å². The predicted molar refractivity (Wildman–Crippen MR) is 117 cm³/mol. The van der Waals surface area contributed by atoms with E-state index < -0.39 is 8.24 Å². The number of nitrogens with one attached hydrogen (secondary N) is 1. The first-order valence-electron chi connectivity index (χ1n) is 10.8. The Kier molecular flexibility index (Phi) is 5.41. The maximum Gasteiger partial charge on any atom is 0.126 e. The van der Waals surface area contributed by atoms with Crippen LogP contribution in [0.5, 0.6) is 0 Å². The summed E-state index contributed by atoms with van der Waals surface area (Å²) in [4.78, 5) is 4.70. The van der Waals surface area contributed by atoms with Gasteiger partial charge in [-0.25, -0.2) is 0 Å². The molecule has 0 radical (unpaired) electrons. The van der Waals surface area contributed by atoms with E-state index in [1.807, 2.05) is 12.3 Å². The zero-order chi connectivity index (χ0) is 19.0. The first kappa shape index (κ1) is 19.1. The van der Waals surface area contributed by atoms with E-state index in [1.165, 1.54) is 30.8 Å². The van der Waals surface area contributed by atoms with Crippen LogP contribution in [0.4, 0.5) is 0 Å². The molecule has 0 spiro atoms. The number of fused-ring (bicyclic) bond motifs is 1. The minimum Gasteiger partial charge on any atom is -0.321 e. The molecule has 1 saturated carbocycles. The van der Waals surface area contributed by atoms with E-state index in [0.717, 1.165) is 30.5 Å². The highest BCUT2D eigenvalue weighted by molar-refractivity contribution is 6.76. The molecule has 4 heteroatoms. The van der Waals surface area contributed by atoms with Gasteiger partial charge < -0.3 is 9.88 Å².